The molecule has 0 saturated heterocycles. The van der Waals surface area contributed by atoms with Crippen molar-refractivity contribution in [1.82, 2.24) is 0 Å². The predicted octanol–water partition coefficient (Wildman–Crippen LogP) is 5.53. The molecule has 0 spiro atoms. The molecule has 3 rings (SSSR count). The van der Waals surface area contributed by atoms with Gasteiger partial charge in [-0.2, -0.15) is 13.7 Å². The lowest BCUT2D eigenvalue weighted by Gasteiger charge is -2.11. The molecule has 0 fully saturated rings. The lowest BCUT2D eigenvalue weighted by atomic mass is 10.1. The largest absolute Gasteiger partial charge is 0.497 e. The predicted molar refractivity (Wildman–Crippen MR) is 131 cm³/mol. The van der Waals surface area contributed by atoms with Gasteiger partial charge in [0.05, 0.1) is 16.1 Å². The van der Waals surface area contributed by atoms with Crippen molar-refractivity contribution >= 4 is 59.6 Å². The molecule has 0 aliphatic heterocycles. The molecule has 168 valence electrons. The van der Waals surface area contributed by atoms with Crippen LogP contribution in [0.2, 0.25) is 0 Å². The van der Waals surface area contributed by atoms with Gasteiger partial charge in [-0.3, -0.25) is 4.79 Å². The Balaban J connectivity index is 1.84. The Morgan fingerprint density at radius 3 is 2.18 bits per heavy atom. The molecular formula is C23H16Br2N2O5S. The van der Waals surface area contributed by atoms with Gasteiger partial charge in [0.1, 0.15) is 22.3 Å². The fourth-order valence-electron chi connectivity index (χ4n) is 2.68. The lowest BCUT2D eigenvalue weighted by molar-refractivity contribution is -0.112. The molecule has 0 aromatic heterocycles. The minimum absolute atomic E-state index is 0.00902. The number of nitrogens with zero attached hydrogens (tertiary/aromatic N) is 1. The fourth-order valence-corrected chi connectivity index (χ4v) is 5.26. The first-order valence-electron chi connectivity index (χ1n) is 9.29. The highest BCUT2D eigenvalue weighted by Gasteiger charge is 2.20. The van der Waals surface area contributed by atoms with E-state index in [0.29, 0.717) is 25.9 Å². The Morgan fingerprint density at radius 1 is 1.03 bits per heavy atom. The second-order valence-electron chi connectivity index (χ2n) is 6.52. The number of methoxy groups -OCH3 is 1. The summed E-state index contributed by atoms with van der Waals surface area (Å²) in [7, 11) is -2.52. The molecule has 0 aliphatic rings. The van der Waals surface area contributed by atoms with Crippen LogP contribution in [0.4, 0.5) is 5.69 Å². The summed E-state index contributed by atoms with van der Waals surface area (Å²) >= 11 is 6.59. The smallest absolute Gasteiger partial charge is 0.339 e. The van der Waals surface area contributed by atoms with Crippen molar-refractivity contribution < 1.29 is 22.1 Å². The molecule has 3 aromatic rings. The normalized spacial score (nSPS) is 11.4. The first-order chi connectivity index (χ1) is 15.7. The van der Waals surface area contributed by atoms with Crippen LogP contribution in [0, 0.1) is 11.3 Å². The number of anilines is 1. The molecule has 0 unspecified atom stereocenters. The second kappa shape index (κ2) is 10.7. The van der Waals surface area contributed by atoms with Crippen LogP contribution in [0.3, 0.4) is 0 Å². The van der Waals surface area contributed by atoms with Crippen molar-refractivity contribution in [1.29, 1.82) is 5.26 Å². The van der Waals surface area contributed by atoms with Crippen molar-refractivity contribution in [3.63, 3.8) is 0 Å². The van der Waals surface area contributed by atoms with Crippen molar-refractivity contribution in [2.75, 3.05) is 12.4 Å². The molecule has 10 heteroatoms. The molecule has 0 saturated carbocycles. The summed E-state index contributed by atoms with van der Waals surface area (Å²) in [6, 6.07) is 19.4. The van der Waals surface area contributed by atoms with E-state index in [-0.39, 0.29) is 16.2 Å². The van der Waals surface area contributed by atoms with Crippen LogP contribution in [0.25, 0.3) is 6.08 Å². The molecular weight excluding hydrogens is 576 g/mol. The zero-order valence-corrected chi connectivity index (χ0v) is 21.1. The summed E-state index contributed by atoms with van der Waals surface area (Å²) in [5, 5.41) is 12.1. The maximum Gasteiger partial charge on any atom is 0.339 e. The Labute approximate surface area is 208 Å². The van der Waals surface area contributed by atoms with Crippen LogP contribution >= 0.6 is 31.9 Å². The van der Waals surface area contributed by atoms with Gasteiger partial charge in [-0.25, -0.2) is 0 Å². The molecule has 0 heterocycles. The van der Waals surface area contributed by atoms with Gasteiger partial charge in [0, 0.05) is 5.69 Å². The van der Waals surface area contributed by atoms with E-state index in [2.05, 4.69) is 37.2 Å². The Bertz CT molecular complexity index is 1330. The maximum atomic E-state index is 12.5. The van der Waals surface area contributed by atoms with E-state index in [1.54, 1.807) is 54.6 Å². The summed E-state index contributed by atoms with van der Waals surface area (Å²) in [4.78, 5) is 12.5. The van der Waals surface area contributed by atoms with E-state index >= 15 is 0 Å². The van der Waals surface area contributed by atoms with Crippen LogP contribution in [-0.4, -0.2) is 21.4 Å². The first-order valence-corrected chi connectivity index (χ1v) is 12.3. The highest BCUT2D eigenvalue weighted by atomic mass is 79.9. The minimum atomic E-state index is -4.05. The van der Waals surface area contributed by atoms with E-state index in [0.717, 1.165) is 0 Å². The van der Waals surface area contributed by atoms with Gasteiger partial charge < -0.3 is 14.2 Å². The summed E-state index contributed by atoms with van der Waals surface area (Å²) in [5.74, 6) is 0.0782. The van der Waals surface area contributed by atoms with E-state index in [9.17, 15) is 18.5 Å². The summed E-state index contributed by atoms with van der Waals surface area (Å²) in [6.07, 6.45) is 1.38. The molecule has 33 heavy (non-hydrogen) atoms. The zero-order chi connectivity index (χ0) is 24.0. The Hall–Kier alpha value is -3.13. The first kappa shape index (κ1) is 24.5. The van der Waals surface area contributed by atoms with E-state index in [1.807, 2.05) is 6.07 Å². The highest BCUT2D eigenvalue weighted by molar-refractivity contribution is 9.11. The number of ether oxygens (including phenoxy) is 1. The van der Waals surface area contributed by atoms with Gasteiger partial charge in [0.15, 0.2) is 5.75 Å². The Morgan fingerprint density at radius 2 is 1.64 bits per heavy atom. The average Bonchev–Trinajstić information content (AvgIpc) is 2.81. The molecule has 1 amide bonds. The number of rotatable bonds is 7. The third kappa shape index (κ3) is 6.22. The molecule has 3 aromatic carbocycles. The highest BCUT2D eigenvalue weighted by Crippen LogP contribution is 2.37. The molecule has 1 N–H and O–H groups in total. The van der Waals surface area contributed by atoms with Crippen molar-refractivity contribution in [2.24, 2.45) is 0 Å². The molecule has 0 radical (unpaired) electrons. The number of nitrogens with one attached hydrogen (secondary N) is 1. The molecule has 0 atom stereocenters. The van der Waals surface area contributed by atoms with Crippen LogP contribution in [0.1, 0.15) is 5.56 Å². The SMILES string of the molecule is COc1ccc(NC(=O)/C(C#N)=C/c2cc(Br)c(OS(=O)(=O)c3ccccc3)c(Br)c2)cc1. The van der Waals surface area contributed by atoms with Crippen molar-refractivity contribution in [2.45, 2.75) is 4.90 Å². The van der Waals surface area contributed by atoms with Gasteiger partial charge in [-0.15, -0.1) is 0 Å². The number of benzene rings is 3. The number of amides is 1. The van der Waals surface area contributed by atoms with Crippen LogP contribution in [-0.2, 0) is 14.9 Å². The topological polar surface area (TPSA) is 105 Å². The maximum absolute atomic E-state index is 12.5. The molecule has 0 aliphatic carbocycles. The van der Waals surface area contributed by atoms with E-state index in [1.165, 1.54) is 25.3 Å². The third-order valence-corrected chi connectivity index (χ3v) is 6.68. The Kier molecular flexibility index (Phi) is 7.92. The van der Waals surface area contributed by atoms with Crippen LogP contribution < -0.4 is 14.2 Å². The van der Waals surface area contributed by atoms with Gasteiger partial charge in [0.2, 0.25) is 0 Å². The zero-order valence-electron chi connectivity index (χ0n) is 17.1. The number of halogens is 2. The average molecular weight is 592 g/mol. The van der Waals surface area contributed by atoms with Gasteiger partial charge in [-0.1, -0.05) is 18.2 Å². The number of nitriles is 1. The monoisotopic (exact) mass is 590 g/mol. The minimum Gasteiger partial charge on any atom is -0.497 e. The molecule has 0 bridgehead atoms. The molecule has 7 nitrogen and oxygen atoms in total. The van der Waals surface area contributed by atoms with E-state index < -0.39 is 16.0 Å². The number of carbonyl (C=O) groups excluding carboxylic acids is 1. The number of hydrogen-bond donors (Lipinski definition) is 1. The van der Waals surface area contributed by atoms with E-state index in [4.69, 9.17) is 8.92 Å². The summed E-state index contributed by atoms with van der Waals surface area (Å²) < 4.78 is 36.1. The lowest BCUT2D eigenvalue weighted by Crippen LogP contribution is -2.13. The quantitative estimate of drug-likeness (QED) is 0.220. The van der Waals surface area contributed by atoms with Crippen molar-refractivity contribution in [3.05, 3.63) is 86.8 Å². The standard InChI is InChI=1S/C23H16Br2N2O5S/c1-31-18-9-7-17(8-10-18)27-23(28)16(14-26)11-15-12-20(24)22(21(25)13-15)32-33(29,30)19-5-3-2-4-6-19/h2-13H,1H3,(H,27,28)/b16-11+. The summed E-state index contributed by atoms with van der Waals surface area (Å²) in [6.45, 7) is 0. The van der Waals surface area contributed by atoms with Crippen LogP contribution in [0.5, 0.6) is 11.5 Å². The number of hydrogen-bond acceptors (Lipinski definition) is 6. The van der Waals surface area contributed by atoms with Gasteiger partial charge in [0.25, 0.3) is 5.91 Å². The van der Waals surface area contributed by atoms with Crippen LogP contribution in [0.15, 0.2) is 86.1 Å². The second-order valence-corrected chi connectivity index (χ2v) is 9.77. The summed E-state index contributed by atoms with van der Waals surface area (Å²) in [5.41, 5.74) is 0.828. The fraction of sp³-hybridized carbons (Fsp3) is 0.0435. The van der Waals surface area contributed by atoms with Gasteiger partial charge in [-0.05, 0) is 92.0 Å². The third-order valence-electron chi connectivity index (χ3n) is 4.27. The number of carbonyl (C=O) groups is 1. The van der Waals surface area contributed by atoms with Gasteiger partial charge >= 0.3 is 10.1 Å². The van der Waals surface area contributed by atoms with Crippen molar-refractivity contribution in [3.8, 4) is 17.6 Å².